The number of hydrogen-bond acceptors (Lipinski definition) is 3. The first-order valence-corrected chi connectivity index (χ1v) is 6.61. The van der Waals surface area contributed by atoms with Crippen molar-refractivity contribution in [2.75, 3.05) is 0 Å². The zero-order valence-corrected chi connectivity index (χ0v) is 11.9. The molecule has 0 atom stereocenters. The van der Waals surface area contributed by atoms with Crippen LogP contribution in [0, 0.1) is 17.1 Å². The number of nitrogens with one attached hydrogen (secondary N) is 1. The fraction of sp³-hybridized carbons (Fsp3) is 0.214. The van der Waals surface area contributed by atoms with Gasteiger partial charge >= 0.3 is 5.69 Å². The van der Waals surface area contributed by atoms with Crippen molar-refractivity contribution in [3.8, 4) is 11.8 Å². The third-order valence-corrected chi connectivity index (χ3v) is 3.30. The van der Waals surface area contributed by atoms with Crippen LogP contribution in [0.15, 0.2) is 27.8 Å². The number of nitriles is 1. The monoisotopic (exact) mass is 307 g/mol. The number of rotatable bonds is 3. The number of aromatic nitrogens is 2. The SMILES string of the molecule is CCCc1c(Cl)[nH]c(=O)n(-c2ccc(F)c(C#N)c2)c1=O. The van der Waals surface area contributed by atoms with Crippen LogP contribution >= 0.6 is 11.6 Å². The molecule has 0 unspecified atom stereocenters. The van der Waals surface area contributed by atoms with Gasteiger partial charge in [0.15, 0.2) is 0 Å². The Morgan fingerprint density at radius 2 is 2.14 bits per heavy atom. The number of halogens is 2. The molecule has 1 aromatic heterocycles. The Morgan fingerprint density at radius 3 is 2.76 bits per heavy atom. The lowest BCUT2D eigenvalue weighted by atomic mass is 10.2. The van der Waals surface area contributed by atoms with Gasteiger partial charge in [0.05, 0.1) is 16.8 Å². The Balaban J connectivity index is 2.76. The molecule has 0 spiro atoms. The van der Waals surface area contributed by atoms with Crippen molar-refractivity contribution in [1.82, 2.24) is 9.55 Å². The molecule has 0 bridgehead atoms. The van der Waals surface area contributed by atoms with E-state index in [2.05, 4.69) is 4.98 Å². The lowest BCUT2D eigenvalue weighted by molar-refractivity contribution is 0.623. The lowest BCUT2D eigenvalue weighted by Crippen LogP contribution is -2.36. The zero-order valence-electron chi connectivity index (χ0n) is 11.1. The molecule has 0 aliphatic carbocycles. The topological polar surface area (TPSA) is 78.7 Å². The van der Waals surface area contributed by atoms with Crippen LogP contribution in [-0.4, -0.2) is 9.55 Å². The standard InChI is InChI=1S/C14H11ClFN3O2/c1-2-3-10-12(15)18-14(21)19(13(10)20)9-4-5-11(16)8(6-9)7-17/h4-6H,2-3H2,1H3,(H,18,21). The Labute approximate surface area is 124 Å². The fourth-order valence-corrected chi connectivity index (χ4v) is 2.24. The van der Waals surface area contributed by atoms with Gasteiger partial charge in [-0.3, -0.25) is 9.78 Å². The van der Waals surface area contributed by atoms with Gasteiger partial charge in [-0.15, -0.1) is 0 Å². The summed E-state index contributed by atoms with van der Waals surface area (Å²) in [5, 5.41) is 8.83. The number of hydrogen-bond donors (Lipinski definition) is 1. The molecule has 0 fully saturated rings. The molecule has 5 nitrogen and oxygen atoms in total. The summed E-state index contributed by atoms with van der Waals surface area (Å²) in [6.07, 6.45) is 1.08. The quantitative estimate of drug-likeness (QED) is 0.882. The second kappa shape index (κ2) is 5.94. The van der Waals surface area contributed by atoms with Crippen molar-refractivity contribution in [3.05, 3.63) is 61.1 Å². The van der Waals surface area contributed by atoms with E-state index in [4.69, 9.17) is 16.9 Å². The van der Waals surface area contributed by atoms with Gasteiger partial charge in [0.25, 0.3) is 5.56 Å². The van der Waals surface area contributed by atoms with E-state index >= 15 is 0 Å². The highest BCUT2D eigenvalue weighted by atomic mass is 35.5. The molecule has 2 aromatic rings. The number of H-pyrrole nitrogens is 1. The Kier molecular flexibility index (Phi) is 4.24. The molecule has 0 radical (unpaired) electrons. The lowest BCUT2D eigenvalue weighted by Gasteiger charge is -2.09. The van der Waals surface area contributed by atoms with Crippen LogP contribution in [0.5, 0.6) is 0 Å². The molecule has 0 aliphatic rings. The summed E-state index contributed by atoms with van der Waals surface area (Å²) >= 11 is 5.88. The fourth-order valence-electron chi connectivity index (χ4n) is 1.99. The number of aromatic amines is 1. The summed E-state index contributed by atoms with van der Waals surface area (Å²) < 4.78 is 14.2. The molecular formula is C14H11ClFN3O2. The summed E-state index contributed by atoms with van der Waals surface area (Å²) in [6.45, 7) is 1.87. The average molecular weight is 308 g/mol. The van der Waals surface area contributed by atoms with Gasteiger partial charge in [-0.05, 0) is 24.6 Å². The van der Waals surface area contributed by atoms with Crippen LogP contribution in [0.1, 0.15) is 24.5 Å². The van der Waals surface area contributed by atoms with Crippen molar-refractivity contribution in [3.63, 3.8) is 0 Å². The maximum absolute atomic E-state index is 13.3. The Morgan fingerprint density at radius 1 is 1.43 bits per heavy atom. The molecule has 21 heavy (non-hydrogen) atoms. The van der Waals surface area contributed by atoms with Crippen molar-refractivity contribution in [2.24, 2.45) is 0 Å². The normalized spacial score (nSPS) is 10.4. The minimum atomic E-state index is -0.736. The summed E-state index contributed by atoms with van der Waals surface area (Å²) in [7, 11) is 0. The highest BCUT2D eigenvalue weighted by Gasteiger charge is 2.14. The van der Waals surface area contributed by atoms with Crippen LogP contribution < -0.4 is 11.2 Å². The number of nitrogens with zero attached hydrogens (tertiary/aromatic N) is 2. The van der Waals surface area contributed by atoms with Crippen molar-refractivity contribution in [2.45, 2.75) is 19.8 Å². The smallest absolute Gasteiger partial charge is 0.297 e. The minimum Gasteiger partial charge on any atom is -0.297 e. The molecule has 1 aromatic carbocycles. The Hall–Kier alpha value is -2.39. The van der Waals surface area contributed by atoms with Gasteiger partial charge in [-0.2, -0.15) is 5.26 Å². The first-order valence-electron chi connectivity index (χ1n) is 6.23. The van der Waals surface area contributed by atoms with E-state index in [1.54, 1.807) is 6.07 Å². The average Bonchev–Trinajstić information content (AvgIpc) is 2.45. The van der Waals surface area contributed by atoms with E-state index in [9.17, 15) is 14.0 Å². The third kappa shape index (κ3) is 2.73. The minimum absolute atomic E-state index is 0.00529. The number of benzene rings is 1. The highest BCUT2D eigenvalue weighted by molar-refractivity contribution is 6.30. The molecular weight excluding hydrogens is 297 g/mol. The predicted octanol–water partition coefficient (Wildman–Crippen LogP) is 2.14. The van der Waals surface area contributed by atoms with Crippen LogP contribution in [0.2, 0.25) is 5.15 Å². The van der Waals surface area contributed by atoms with Crippen LogP contribution in [-0.2, 0) is 6.42 Å². The molecule has 7 heteroatoms. The highest BCUT2D eigenvalue weighted by Crippen LogP contribution is 2.13. The molecule has 0 amide bonds. The molecule has 108 valence electrons. The molecule has 2 rings (SSSR count). The molecule has 0 saturated carbocycles. The summed E-state index contributed by atoms with van der Waals surface area (Å²) in [5.41, 5.74) is -1.15. The maximum Gasteiger partial charge on any atom is 0.334 e. The van der Waals surface area contributed by atoms with Gasteiger partial charge in [0.1, 0.15) is 17.0 Å². The first-order chi connectivity index (χ1) is 9.99. The van der Waals surface area contributed by atoms with Gasteiger partial charge in [0.2, 0.25) is 0 Å². The predicted molar refractivity (Wildman–Crippen MR) is 76.3 cm³/mol. The van der Waals surface area contributed by atoms with E-state index in [-0.39, 0.29) is 22.0 Å². The second-order valence-corrected chi connectivity index (χ2v) is 4.77. The van der Waals surface area contributed by atoms with E-state index in [0.29, 0.717) is 12.8 Å². The van der Waals surface area contributed by atoms with Crippen LogP contribution in [0.3, 0.4) is 0 Å². The van der Waals surface area contributed by atoms with E-state index in [0.717, 1.165) is 16.7 Å². The van der Waals surface area contributed by atoms with Crippen LogP contribution in [0.4, 0.5) is 4.39 Å². The molecule has 1 N–H and O–H groups in total. The van der Waals surface area contributed by atoms with E-state index in [1.807, 2.05) is 6.92 Å². The molecule has 1 heterocycles. The second-order valence-electron chi connectivity index (χ2n) is 4.39. The Bertz CT molecular complexity index is 849. The van der Waals surface area contributed by atoms with Crippen LogP contribution in [0.25, 0.3) is 5.69 Å². The van der Waals surface area contributed by atoms with Gasteiger partial charge in [-0.25, -0.2) is 13.8 Å². The largest absolute Gasteiger partial charge is 0.334 e. The van der Waals surface area contributed by atoms with E-state index in [1.165, 1.54) is 6.07 Å². The summed E-state index contributed by atoms with van der Waals surface area (Å²) in [4.78, 5) is 26.7. The van der Waals surface area contributed by atoms with Crippen molar-refractivity contribution in [1.29, 1.82) is 5.26 Å². The van der Waals surface area contributed by atoms with E-state index < -0.39 is 17.1 Å². The van der Waals surface area contributed by atoms with Crippen molar-refractivity contribution >= 4 is 11.6 Å². The van der Waals surface area contributed by atoms with Gasteiger partial charge in [0, 0.05) is 0 Å². The third-order valence-electron chi connectivity index (χ3n) is 2.97. The summed E-state index contributed by atoms with van der Waals surface area (Å²) in [6, 6.07) is 5.11. The molecule has 0 saturated heterocycles. The zero-order chi connectivity index (χ0) is 15.6. The first kappa shape index (κ1) is 15.0. The van der Waals surface area contributed by atoms with Crippen molar-refractivity contribution < 1.29 is 4.39 Å². The van der Waals surface area contributed by atoms with Gasteiger partial charge < -0.3 is 0 Å². The maximum atomic E-state index is 13.3. The molecule has 0 aliphatic heterocycles. The van der Waals surface area contributed by atoms with Gasteiger partial charge in [-0.1, -0.05) is 24.9 Å². The summed E-state index contributed by atoms with van der Waals surface area (Å²) in [5.74, 6) is -0.714.